The van der Waals surface area contributed by atoms with Gasteiger partial charge in [0.25, 0.3) is 5.91 Å². The Bertz CT molecular complexity index is 791. The van der Waals surface area contributed by atoms with Crippen LogP contribution in [0.1, 0.15) is 29.3 Å². The normalized spacial score (nSPS) is 11.3. The van der Waals surface area contributed by atoms with E-state index in [0.29, 0.717) is 27.7 Å². The Morgan fingerprint density at radius 3 is 2.33 bits per heavy atom. The van der Waals surface area contributed by atoms with Gasteiger partial charge in [0.2, 0.25) is 0 Å². The summed E-state index contributed by atoms with van der Waals surface area (Å²) >= 11 is 17.9. The molecule has 0 heterocycles. The number of anilines is 1. The number of benzene rings is 2. The Kier molecular flexibility index (Phi) is 6.49. The molecule has 2 aromatic rings. The van der Waals surface area contributed by atoms with Crippen molar-refractivity contribution in [2.24, 2.45) is 5.10 Å². The lowest BCUT2D eigenvalue weighted by Crippen LogP contribution is -2.20. The summed E-state index contributed by atoms with van der Waals surface area (Å²) in [4.78, 5) is 12.3. The van der Waals surface area contributed by atoms with Crippen molar-refractivity contribution >= 4 is 52.1 Å². The first-order chi connectivity index (χ1) is 11.5. The number of nitrogens with zero attached hydrogens (tertiary/aromatic N) is 1. The zero-order valence-corrected chi connectivity index (χ0v) is 15.4. The number of halogens is 3. The van der Waals surface area contributed by atoms with Crippen LogP contribution in [0.25, 0.3) is 0 Å². The van der Waals surface area contributed by atoms with Gasteiger partial charge in [0, 0.05) is 28.3 Å². The summed E-state index contributed by atoms with van der Waals surface area (Å²) in [6.07, 6.45) is 0.615. The quantitative estimate of drug-likeness (QED) is 0.547. The summed E-state index contributed by atoms with van der Waals surface area (Å²) < 4.78 is 0. The second-order valence-electron chi connectivity index (χ2n) is 4.92. The molecule has 0 radical (unpaired) electrons. The molecule has 2 N–H and O–H groups in total. The lowest BCUT2D eigenvalue weighted by atomic mass is 10.1. The van der Waals surface area contributed by atoms with Gasteiger partial charge >= 0.3 is 0 Å². The van der Waals surface area contributed by atoms with Crippen LogP contribution in [0.3, 0.4) is 0 Å². The average Bonchev–Trinajstić information content (AvgIpc) is 2.55. The number of hydrazone groups is 1. The summed E-state index contributed by atoms with van der Waals surface area (Å²) in [7, 11) is 1.81. The minimum Gasteiger partial charge on any atom is -0.388 e. The van der Waals surface area contributed by atoms with Crippen molar-refractivity contribution in [2.45, 2.75) is 13.3 Å². The maximum atomic E-state index is 12.3. The third-order valence-electron chi connectivity index (χ3n) is 3.36. The Morgan fingerprint density at radius 2 is 1.71 bits per heavy atom. The van der Waals surface area contributed by atoms with E-state index < -0.39 is 5.91 Å². The van der Waals surface area contributed by atoms with Gasteiger partial charge in [-0.1, -0.05) is 41.7 Å². The molecule has 0 fully saturated rings. The predicted octanol–water partition coefficient (Wildman–Crippen LogP) is 5.23. The second kappa shape index (κ2) is 8.38. The van der Waals surface area contributed by atoms with Crippen molar-refractivity contribution in [1.29, 1.82) is 0 Å². The maximum absolute atomic E-state index is 12.3. The van der Waals surface area contributed by atoms with Crippen LogP contribution in [0.4, 0.5) is 5.69 Å². The van der Waals surface area contributed by atoms with Crippen LogP contribution in [0.2, 0.25) is 15.1 Å². The molecule has 4 nitrogen and oxygen atoms in total. The molecule has 1 amide bonds. The van der Waals surface area contributed by atoms with E-state index in [-0.39, 0.29) is 5.02 Å². The molecule has 0 unspecified atom stereocenters. The molecular formula is C17H16Cl3N3O. The zero-order chi connectivity index (χ0) is 17.7. The summed E-state index contributed by atoms with van der Waals surface area (Å²) in [6.45, 7) is 1.95. The third-order valence-corrected chi connectivity index (χ3v) is 4.15. The highest BCUT2D eigenvalue weighted by Gasteiger charge is 2.12. The molecule has 0 bridgehead atoms. The first-order valence-electron chi connectivity index (χ1n) is 7.26. The number of rotatable bonds is 5. The summed E-state index contributed by atoms with van der Waals surface area (Å²) in [6, 6.07) is 10.1. The molecular weight excluding hydrogens is 369 g/mol. The van der Waals surface area contributed by atoms with Gasteiger partial charge in [-0.15, -0.1) is 0 Å². The van der Waals surface area contributed by atoms with Crippen LogP contribution >= 0.6 is 34.8 Å². The molecule has 0 saturated heterocycles. The highest BCUT2D eigenvalue weighted by atomic mass is 35.5. The van der Waals surface area contributed by atoms with Gasteiger partial charge in [-0.3, -0.25) is 4.79 Å². The first-order valence-corrected chi connectivity index (χ1v) is 8.39. The molecule has 0 aliphatic carbocycles. The van der Waals surface area contributed by atoms with Crippen molar-refractivity contribution in [3.05, 3.63) is 62.6 Å². The van der Waals surface area contributed by atoms with Gasteiger partial charge in [-0.2, -0.15) is 5.10 Å². The molecule has 0 aliphatic heterocycles. The van der Waals surface area contributed by atoms with Crippen LogP contribution in [-0.2, 0) is 0 Å². The van der Waals surface area contributed by atoms with E-state index in [1.807, 2.05) is 20.0 Å². The van der Waals surface area contributed by atoms with Crippen molar-refractivity contribution in [1.82, 2.24) is 5.43 Å². The van der Waals surface area contributed by atoms with Gasteiger partial charge < -0.3 is 5.32 Å². The molecule has 0 saturated carbocycles. The fourth-order valence-corrected chi connectivity index (χ4v) is 2.82. The van der Waals surface area contributed by atoms with Crippen molar-refractivity contribution < 1.29 is 4.79 Å². The molecule has 24 heavy (non-hydrogen) atoms. The van der Waals surface area contributed by atoms with E-state index in [1.165, 1.54) is 6.07 Å². The monoisotopic (exact) mass is 383 g/mol. The second-order valence-corrected chi connectivity index (χ2v) is 6.20. The Balaban J connectivity index is 2.28. The number of nitrogens with one attached hydrogen (secondary N) is 2. The molecule has 0 atom stereocenters. The standard InChI is InChI=1S/C17H16Cl3N3O/c1-3-15(13-8-10(18)5-7-16(13)21-2)22-23-17(24)12-6-4-11(19)9-14(12)20/h4-9,21H,3H2,1-2H3,(H,23,24)/b22-15-. The number of carbonyl (C=O) groups is 1. The number of hydrogen-bond donors (Lipinski definition) is 2. The summed E-state index contributed by atoms with van der Waals surface area (Å²) in [5, 5.41) is 8.64. The lowest BCUT2D eigenvalue weighted by Gasteiger charge is -2.11. The molecule has 126 valence electrons. The van der Waals surface area contributed by atoms with Gasteiger partial charge in [0.05, 0.1) is 16.3 Å². The van der Waals surface area contributed by atoms with E-state index in [1.54, 1.807) is 24.3 Å². The van der Waals surface area contributed by atoms with E-state index in [4.69, 9.17) is 34.8 Å². The van der Waals surface area contributed by atoms with E-state index >= 15 is 0 Å². The zero-order valence-electron chi connectivity index (χ0n) is 13.2. The van der Waals surface area contributed by atoms with Crippen LogP contribution in [0.15, 0.2) is 41.5 Å². The molecule has 2 aromatic carbocycles. The Morgan fingerprint density at radius 1 is 1.04 bits per heavy atom. The van der Waals surface area contributed by atoms with E-state index in [0.717, 1.165) is 11.3 Å². The van der Waals surface area contributed by atoms with Crippen molar-refractivity contribution in [3.8, 4) is 0 Å². The molecule has 0 aliphatic rings. The maximum Gasteiger partial charge on any atom is 0.272 e. The minimum absolute atomic E-state index is 0.270. The van der Waals surface area contributed by atoms with Crippen molar-refractivity contribution in [2.75, 3.05) is 12.4 Å². The van der Waals surface area contributed by atoms with E-state index in [2.05, 4.69) is 15.8 Å². The molecule has 2 rings (SSSR count). The van der Waals surface area contributed by atoms with Crippen LogP contribution < -0.4 is 10.7 Å². The predicted molar refractivity (Wildman–Crippen MR) is 102 cm³/mol. The first kappa shape index (κ1) is 18.6. The SMILES string of the molecule is CC/C(=N/NC(=O)c1ccc(Cl)cc1Cl)c1cc(Cl)ccc1NC. The Hall–Kier alpha value is -1.75. The third kappa shape index (κ3) is 4.41. The van der Waals surface area contributed by atoms with E-state index in [9.17, 15) is 4.79 Å². The largest absolute Gasteiger partial charge is 0.388 e. The average molecular weight is 385 g/mol. The smallest absolute Gasteiger partial charge is 0.272 e. The molecule has 0 spiro atoms. The highest BCUT2D eigenvalue weighted by Crippen LogP contribution is 2.23. The number of amides is 1. The number of hydrogen-bond acceptors (Lipinski definition) is 3. The molecule has 7 heteroatoms. The van der Waals surface area contributed by atoms with Gasteiger partial charge in [-0.25, -0.2) is 5.43 Å². The van der Waals surface area contributed by atoms with Crippen LogP contribution in [-0.4, -0.2) is 18.7 Å². The minimum atomic E-state index is -0.407. The summed E-state index contributed by atoms with van der Waals surface area (Å²) in [5.41, 5.74) is 5.23. The Labute approximate surface area is 155 Å². The fraction of sp³-hybridized carbons (Fsp3) is 0.176. The highest BCUT2D eigenvalue weighted by molar-refractivity contribution is 6.36. The van der Waals surface area contributed by atoms with Gasteiger partial charge in [0.15, 0.2) is 0 Å². The van der Waals surface area contributed by atoms with Gasteiger partial charge in [0.1, 0.15) is 0 Å². The molecule has 0 aromatic heterocycles. The van der Waals surface area contributed by atoms with Crippen LogP contribution in [0, 0.1) is 0 Å². The summed E-state index contributed by atoms with van der Waals surface area (Å²) in [5.74, 6) is -0.407. The lowest BCUT2D eigenvalue weighted by molar-refractivity contribution is 0.0955. The van der Waals surface area contributed by atoms with Crippen molar-refractivity contribution in [3.63, 3.8) is 0 Å². The fourth-order valence-electron chi connectivity index (χ4n) is 2.16. The van der Waals surface area contributed by atoms with Crippen LogP contribution in [0.5, 0.6) is 0 Å². The number of carbonyl (C=O) groups excluding carboxylic acids is 1. The van der Waals surface area contributed by atoms with Gasteiger partial charge in [-0.05, 0) is 42.8 Å². The topological polar surface area (TPSA) is 53.5 Å².